The predicted molar refractivity (Wildman–Crippen MR) is 46.7 cm³/mol. The first-order chi connectivity index (χ1) is 5.79. The minimum atomic E-state index is -0.836. The molecule has 0 fully saturated rings. The van der Waals surface area contributed by atoms with E-state index in [-0.39, 0.29) is 6.04 Å². The van der Waals surface area contributed by atoms with E-state index in [2.05, 4.69) is 12.2 Å². The van der Waals surface area contributed by atoms with E-state index in [4.69, 9.17) is 0 Å². The van der Waals surface area contributed by atoms with Crippen LogP contribution in [0.25, 0.3) is 0 Å². The van der Waals surface area contributed by atoms with Crippen molar-refractivity contribution in [1.82, 2.24) is 5.32 Å². The molecular formula is C10H12FN. The van der Waals surface area contributed by atoms with Crippen LogP contribution in [0.15, 0.2) is 24.3 Å². The Kier molecular flexibility index (Phi) is 1.85. The second-order valence-electron chi connectivity index (χ2n) is 3.23. The molecule has 0 bridgehead atoms. The van der Waals surface area contributed by atoms with Gasteiger partial charge in [-0.2, -0.15) is 0 Å². The van der Waals surface area contributed by atoms with Gasteiger partial charge in [0.25, 0.3) is 0 Å². The van der Waals surface area contributed by atoms with Crippen molar-refractivity contribution in [3.05, 3.63) is 35.4 Å². The van der Waals surface area contributed by atoms with Gasteiger partial charge in [0.2, 0.25) is 0 Å². The third-order valence-corrected chi connectivity index (χ3v) is 2.40. The zero-order valence-electron chi connectivity index (χ0n) is 7.05. The summed E-state index contributed by atoms with van der Waals surface area (Å²) in [7, 11) is 0. The predicted octanol–water partition coefficient (Wildman–Crippen LogP) is 2.36. The number of hydrogen-bond donors (Lipinski definition) is 1. The van der Waals surface area contributed by atoms with Crippen molar-refractivity contribution in [3.8, 4) is 0 Å². The van der Waals surface area contributed by atoms with E-state index in [1.807, 2.05) is 24.3 Å². The Balaban J connectivity index is 2.47. The van der Waals surface area contributed by atoms with Crippen LogP contribution in [-0.4, -0.2) is 6.54 Å². The number of benzene rings is 1. The summed E-state index contributed by atoms with van der Waals surface area (Å²) < 4.78 is 13.3. The third-order valence-electron chi connectivity index (χ3n) is 2.40. The highest BCUT2D eigenvalue weighted by atomic mass is 19.1. The van der Waals surface area contributed by atoms with Gasteiger partial charge < -0.3 is 5.32 Å². The lowest BCUT2D eigenvalue weighted by molar-refractivity contribution is 0.294. The zero-order chi connectivity index (χ0) is 8.55. The maximum absolute atomic E-state index is 13.3. The van der Waals surface area contributed by atoms with Gasteiger partial charge in [-0.15, -0.1) is 0 Å². The largest absolute Gasteiger partial charge is 0.307 e. The van der Waals surface area contributed by atoms with Crippen molar-refractivity contribution in [3.63, 3.8) is 0 Å². The number of rotatable bonds is 0. The second kappa shape index (κ2) is 2.87. The molecule has 12 heavy (non-hydrogen) atoms. The maximum atomic E-state index is 13.3. The van der Waals surface area contributed by atoms with Gasteiger partial charge >= 0.3 is 0 Å². The van der Waals surface area contributed by atoms with Crippen molar-refractivity contribution < 1.29 is 4.39 Å². The summed E-state index contributed by atoms with van der Waals surface area (Å²) in [5.74, 6) is 0. The van der Waals surface area contributed by atoms with Gasteiger partial charge in [0, 0.05) is 12.6 Å². The van der Waals surface area contributed by atoms with E-state index in [1.54, 1.807) is 0 Å². The summed E-state index contributed by atoms with van der Waals surface area (Å²) in [5, 5.41) is 3.11. The summed E-state index contributed by atoms with van der Waals surface area (Å²) in [6.45, 7) is 2.50. The fraction of sp³-hybridized carbons (Fsp3) is 0.400. The van der Waals surface area contributed by atoms with Crippen LogP contribution < -0.4 is 5.32 Å². The van der Waals surface area contributed by atoms with Crippen molar-refractivity contribution in [2.75, 3.05) is 6.54 Å². The molecule has 0 saturated carbocycles. The lowest BCUT2D eigenvalue weighted by atomic mass is 9.94. The number of hydrogen-bond acceptors (Lipinski definition) is 1. The molecule has 2 atom stereocenters. The van der Waals surface area contributed by atoms with Crippen LogP contribution >= 0.6 is 0 Å². The van der Waals surface area contributed by atoms with Gasteiger partial charge in [0.1, 0.15) is 6.17 Å². The Labute approximate surface area is 71.6 Å². The van der Waals surface area contributed by atoms with E-state index >= 15 is 0 Å². The van der Waals surface area contributed by atoms with Crippen LogP contribution in [0.5, 0.6) is 0 Å². The van der Waals surface area contributed by atoms with Gasteiger partial charge in [-0.3, -0.25) is 0 Å². The molecule has 1 aliphatic rings. The van der Waals surface area contributed by atoms with Gasteiger partial charge in [-0.25, -0.2) is 4.39 Å². The molecule has 1 aliphatic heterocycles. The minimum Gasteiger partial charge on any atom is -0.307 e. The van der Waals surface area contributed by atoms with Gasteiger partial charge in [0.05, 0.1) is 0 Å². The van der Waals surface area contributed by atoms with Crippen LogP contribution in [0.1, 0.15) is 30.3 Å². The van der Waals surface area contributed by atoms with E-state index < -0.39 is 6.17 Å². The Bertz CT molecular complexity index is 256. The molecule has 2 unspecified atom stereocenters. The molecule has 1 N–H and O–H groups in total. The first kappa shape index (κ1) is 7.74. The molecule has 0 aromatic heterocycles. The quantitative estimate of drug-likeness (QED) is 0.622. The van der Waals surface area contributed by atoms with Crippen LogP contribution in [-0.2, 0) is 0 Å². The second-order valence-corrected chi connectivity index (χ2v) is 3.23. The van der Waals surface area contributed by atoms with Crippen LogP contribution in [0, 0.1) is 0 Å². The fourth-order valence-electron chi connectivity index (χ4n) is 1.69. The Morgan fingerprint density at radius 2 is 2.00 bits per heavy atom. The molecule has 2 rings (SSSR count). The molecule has 1 aromatic rings. The molecule has 1 heterocycles. The van der Waals surface area contributed by atoms with E-state index in [0.717, 1.165) is 11.1 Å². The lowest BCUT2D eigenvalue weighted by Gasteiger charge is -2.26. The maximum Gasteiger partial charge on any atom is 0.138 e. The summed E-state index contributed by atoms with van der Waals surface area (Å²) in [4.78, 5) is 0. The Hall–Kier alpha value is -0.890. The average molecular weight is 165 g/mol. The standard InChI is InChI=1S/C10H12FN/c1-7-8-4-2-3-5-9(8)10(11)6-12-7/h2-5,7,10,12H,6H2,1H3. The molecule has 0 aliphatic carbocycles. The SMILES string of the molecule is CC1NCC(F)c2ccccc21. The van der Waals surface area contributed by atoms with Crippen molar-refractivity contribution in [2.45, 2.75) is 19.1 Å². The van der Waals surface area contributed by atoms with Gasteiger partial charge in [0.15, 0.2) is 0 Å². The van der Waals surface area contributed by atoms with Crippen molar-refractivity contribution >= 4 is 0 Å². The summed E-state index contributed by atoms with van der Waals surface area (Å²) in [6, 6.07) is 7.99. The molecular weight excluding hydrogens is 153 g/mol. The molecule has 64 valence electrons. The Morgan fingerprint density at radius 3 is 2.67 bits per heavy atom. The number of halogens is 1. The molecule has 0 amide bonds. The third kappa shape index (κ3) is 1.12. The first-order valence-corrected chi connectivity index (χ1v) is 4.25. The Morgan fingerprint density at radius 1 is 1.33 bits per heavy atom. The smallest absolute Gasteiger partial charge is 0.138 e. The van der Waals surface area contributed by atoms with Crippen LogP contribution in [0.2, 0.25) is 0 Å². The normalized spacial score (nSPS) is 28.2. The summed E-state index contributed by atoms with van der Waals surface area (Å²) in [5.41, 5.74) is 1.94. The van der Waals surface area contributed by atoms with Crippen molar-refractivity contribution in [1.29, 1.82) is 0 Å². The van der Waals surface area contributed by atoms with E-state index in [1.165, 1.54) is 0 Å². The molecule has 1 nitrogen and oxygen atoms in total. The number of fused-ring (bicyclic) bond motifs is 1. The highest BCUT2D eigenvalue weighted by Crippen LogP contribution is 2.29. The van der Waals surface area contributed by atoms with Crippen LogP contribution in [0.3, 0.4) is 0 Å². The highest BCUT2D eigenvalue weighted by molar-refractivity contribution is 5.33. The van der Waals surface area contributed by atoms with Crippen LogP contribution in [0.4, 0.5) is 4.39 Å². The topological polar surface area (TPSA) is 12.0 Å². The average Bonchev–Trinajstić information content (AvgIpc) is 2.12. The van der Waals surface area contributed by atoms with E-state index in [9.17, 15) is 4.39 Å². The molecule has 0 saturated heterocycles. The number of nitrogens with one attached hydrogen (secondary N) is 1. The molecule has 2 heteroatoms. The van der Waals surface area contributed by atoms with Crippen molar-refractivity contribution in [2.24, 2.45) is 0 Å². The highest BCUT2D eigenvalue weighted by Gasteiger charge is 2.22. The van der Waals surface area contributed by atoms with E-state index in [0.29, 0.717) is 6.54 Å². The van der Waals surface area contributed by atoms with Gasteiger partial charge in [-0.1, -0.05) is 24.3 Å². The molecule has 1 aromatic carbocycles. The lowest BCUT2D eigenvalue weighted by Crippen LogP contribution is -2.29. The zero-order valence-corrected chi connectivity index (χ0v) is 7.05. The number of alkyl halides is 1. The molecule has 0 spiro atoms. The molecule has 0 radical (unpaired) electrons. The first-order valence-electron chi connectivity index (χ1n) is 4.25. The minimum absolute atomic E-state index is 0.285. The summed E-state index contributed by atoms with van der Waals surface area (Å²) >= 11 is 0. The summed E-state index contributed by atoms with van der Waals surface area (Å²) in [6.07, 6.45) is -0.836. The fourth-order valence-corrected chi connectivity index (χ4v) is 1.69. The van der Waals surface area contributed by atoms with Gasteiger partial charge in [-0.05, 0) is 18.1 Å². The monoisotopic (exact) mass is 165 g/mol.